The molecular formula is C26H30N4O9. The lowest BCUT2D eigenvalue weighted by Crippen LogP contribution is -2.44. The Morgan fingerprint density at radius 2 is 1.67 bits per heavy atom. The fourth-order valence-electron chi connectivity index (χ4n) is 3.84. The van der Waals surface area contributed by atoms with Gasteiger partial charge >= 0.3 is 11.9 Å². The lowest BCUT2D eigenvalue weighted by Gasteiger charge is -2.32. The Labute approximate surface area is 224 Å². The number of anilines is 1. The van der Waals surface area contributed by atoms with E-state index in [1.54, 1.807) is 0 Å². The zero-order chi connectivity index (χ0) is 28.9. The molecule has 2 aromatic carbocycles. The number of amides is 2. The maximum absolute atomic E-state index is 12.9. The van der Waals surface area contributed by atoms with Gasteiger partial charge in [0.1, 0.15) is 11.4 Å². The number of hydrogen-bond acceptors (Lipinski definition) is 8. The molecule has 2 aromatic rings. The first kappa shape index (κ1) is 30.4. The monoisotopic (exact) mass is 542 g/mol. The van der Waals surface area contributed by atoms with Gasteiger partial charge in [0, 0.05) is 56.9 Å². The van der Waals surface area contributed by atoms with E-state index in [1.807, 2.05) is 18.2 Å². The third kappa shape index (κ3) is 10.2. The van der Waals surface area contributed by atoms with Gasteiger partial charge in [0.05, 0.1) is 17.6 Å². The standard InChI is InChI=1S/C22H26N4O5.C4H4O4/c1-15(27)23-19-13-21(31-2)18(12-20(19)26(29)30)22(28)24-17-8-10-25(11-9-17)14-16-6-4-3-5-7-16;5-3(6)1-2-4(7)8/h3-7,12-13,17H,8-11,14H2,1-2H3,(H,23,27)(H,24,28);1-2H,(H,5,6)(H,7,8)/b;2-1+. The van der Waals surface area contributed by atoms with Crippen molar-refractivity contribution < 1.29 is 39.1 Å². The van der Waals surface area contributed by atoms with Crippen molar-refractivity contribution in [3.05, 3.63) is 75.9 Å². The minimum absolute atomic E-state index is 0.0138. The fourth-order valence-corrected chi connectivity index (χ4v) is 3.84. The van der Waals surface area contributed by atoms with Crippen LogP contribution in [0.3, 0.4) is 0 Å². The Morgan fingerprint density at radius 1 is 1.08 bits per heavy atom. The van der Waals surface area contributed by atoms with Gasteiger partial charge in [-0.2, -0.15) is 0 Å². The highest BCUT2D eigenvalue weighted by Crippen LogP contribution is 2.33. The van der Waals surface area contributed by atoms with Crippen molar-refractivity contribution in [2.24, 2.45) is 0 Å². The van der Waals surface area contributed by atoms with E-state index >= 15 is 0 Å². The zero-order valence-corrected chi connectivity index (χ0v) is 21.5. The maximum atomic E-state index is 12.9. The molecule has 0 spiro atoms. The van der Waals surface area contributed by atoms with Crippen LogP contribution in [0.5, 0.6) is 5.75 Å². The van der Waals surface area contributed by atoms with E-state index in [4.69, 9.17) is 14.9 Å². The third-order valence-electron chi connectivity index (χ3n) is 5.61. The number of nitrogens with one attached hydrogen (secondary N) is 2. The molecule has 0 radical (unpaired) electrons. The smallest absolute Gasteiger partial charge is 0.328 e. The molecule has 0 saturated carbocycles. The SMILES string of the molecule is COc1cc(NC(C)=O)c([N+](=O)[O-])cc1C(=O)NC1CCN(Cc2ccccc2)CC1.O=C(O)/C=C/C(=O)O. The van der Waals surface area contributed by atoms with Gasteiger partial charge in [0.25, 0.3) is 11.6 Å². The summed E-state index contributed by atoms with van der Waals surface area (Å²) in [6, 6.07) is 12.6. The van der Waals surface area contributed by atoms with E-state index in [0.717, 1.165) is 38.5 Å². The van der Waals surface area contributed by atoms with Crippen LogP contribution in [-0.4, -0.2) is 70.0 Å². The number of benzene rings is 2. The molecule has 3 rings (SSSR count). The molecule has 208 valence electrons. The Morgan fingerprint density at radius 3 is 2.15 bits per heavy atom. The first-order valence-electron chi connectivity index (χ1n) is 11.8. The molecule has 2 amide bonds. The second-order valence-electron chi connectivity index (χ2n) is 8.53. The predicted octanol–water partition coefficient (Wildman–Crippen LogP) is 2.67. The van der Waals surface area contributed by atoms with Crippen LogP contribution in [0.1, 0.15) is 35.7 Å². The van der Waals surface area contributed by atoms with Gasteiger partial charge in [-0.25, -0.2) is 9.59 Å². The van der Waals surface area contributed by atoms with E-state index in [1.165, 1.54) is 25.7 Å². The van der Waals surface area contributed by atoms with Crippen molar-refractivity contribution in [2.45, 2.75) is 32.4 Å². The number of nitro groups is 1. The first-order chi connectivity index (χ1) is 18.5. The van der Waals surface area contributed by atoms with Gasteiger partial charge in [0.2, 0.25) is 5.91 Å². The second kappa shape index (κ2) is 14.8. The number of ether oxygens (including phenoxy) is 1. The van der Waals surface area contributed by atoms with E-state index in [0.29, 0.717) is 12.2 Å². The Balaban J connectivity index is 0.000000580. The maximum Gasteiger partial charge on any atom is 0.328 e. The van der Waals surface area contributed by atoms with Crippen LogP contribution in [0.2, 0.25) is 0 Å². The van der Waals surface area contributed by atoms with Gasteiger partial charge in [0.15, 0.2) is 0 Å². The average Bonchev–Trinajstić information content (AvgIpc) is 2.88. The van der Waals surface area contributed by atoms with Crippen LogP contribution in [0.25, 0.3) is 0 Å². The minimum atomic E-state index is -1.26. The summed E-state index contributed by atoms with van der Waals surface area (Å²) in [4.78, 5) is 56.5. The predicted molar refractivity (Wildman–Crippen MR) is 141 cm³/mol. The van der Waals surface area contributed by atoms with Crippen molar-refractivity contribution in [1.82, 2.24) is 10.2 Å². The molecule has 4 N–H and O–H groups in total. The normalized spacial score (nSPS) is 13.6. The molecule has 1 aliphatic heterocycles. The van der Waals surface area contributed by atoms with E-state index in [-0.39, 0.29) is 28.7 Å². The largest absolute Gasteiger partial charge is 0.496 e. The number of rotatable bonds is 9. The number of carbonyl (C=O) groups is 4. The summed E-state index contributed by atoms with van der Waals surface area (Å²) in [6.45, 7) is 3.81. The number of likely N-dealkylation sites (tertiary alicyclic amines) is 1. The summed E-state index contributed by atoms with van der Waals surface area (Å²) in [6.07, 6.45) is 2.69. The number of hydrogen-bond donors (Lipinski definition) is 4. The Kier molecular flexibility index (Phi) is 11.6. The molecule has 1 saturated heterocycles. The number of nitro benzene ring substituents is 1. The topological polar surface area (TPSA) is 188 Å². The van der Waals surface area contributed by atoms with Crippen LogP contribution in [0, 0.1) is 10.1 Å². The molecule has 1 fully saturated rings. The molecule has 1 heterocycles. The molecule has 1 aliphatic rings. The summed E-state index contributed by atoms with van der Waals surface area (Å²) >= 11 is 0. The number of piperidine rings is 1. The summed E-state index contributed by atoms with van der Waals surface area (Å²) in [5, 5.41) is 32.4. The Hall–Kier alpha value is -4.78. The highest BCUT2D eigenvalue weighted by atomic mass is 16.6. The summed E-state index contributed by atoms with van der Waals surface area (Å²) < 4.78 is 5.25. The fraction of sp³-hybridized carbons (Fsp3) is 0.308. The van der Waals surface area contributed by atoms with Gasteiger partial charge in [-0.3, -0.25) is 24.6 Å². The molecule has 0 bridgehead atoms. The number of carboxylic acid groups (broad SMARTS) is 2. The molecule has 13 nitrogen and oxygen atoms in total. The quantitative estimate of drug-likeness (QED) is 0.208. The molecule has 13 heteroatoms. The van der Waals surface area contributed by atoms with Crippen LogP contribution in [-0.2, 0) is 20.9 Å². The second-order valence-corrected chi connectivity index (χ2v) is 8.53. The number of nitrogens with zero attached hydrogens (tertiary/aromatic N) is 2. The highest BCUT2D eigenvalue weighted by molar-refractivity contribution is 6.00. The summed E-state index contributed by atoms with van der Waals surface area (Å²) in [5.74, 6) is -3.24. The zero-order valence-electron chi connectivity index (χ0n) is 21.5. The molecule has 0 aliphatic carbocycles. The van der Waals surface area contributed by atoms with E-state index < -0.39 is 28.7 Å². The van der Waals surface area contributed by atoms with Gasteiger partial charge in [-0.15, -0.1) is 0 Å². The third-order valence-corrected chi connectivity index (χ3v) is 5.61. The molecular weight excluding hydrogens is 512 g/mol. The Bertz CT molecular complexity index is 1210. The summed E-state index contributed by atoms with van der Waals surface area (Å²) in [7, 11) is 1.37. The molecule has 0 aromatic heterocycles. The molecule has 0 atom stereocenters. The van der Waals surface area contributed by atoms with Crippen molar-refractivity contribution in [1.29, 1.82) is 0 Å². The molecule has 0 unspecified atom stereocenters. The van der Waals surface area contributed by atoms with Gasteiger partial charge in [-0.1, -0.05) is 30.3 Å². The average molecular weight is 543 g/mol. The minimum Gasteiger partial charge on any atom is -0.496 e. The number of aliphatic carboxylic acids is 2. The first-order valence-corrected chi connectivity index (χ1v) is 11.8. The lowest BCUT2D eigenvalue weighted by atomic mass is 10.0. The van der Waals surface area contributed by atoms with Crippen molar-refractivity contribution in [3.63, 3.8) is 0 Å². The number of methoxy groups -OCH3 is 1. The van der Waals surface area contributed by atoms with Crippen LogP contribution < -0.4 is 15.4 Å². The van der Waals surface area contributed by atoms with E-state index in [2.05, 4.69) is 27.7 Å². The van der Waals surface area contributed by atoms with Crippen molar-refractivity contribution in [2.75, 3.05) is 25.5 Å². The lowest BCUT2D eigenvalue weighted by molar-refractivity contribution is -0.384. The highest BCUT2D eigenvalue weighted by Gasteiger charge is 2.26. The van der Waals surface area contributed by atoms with E-state index in [9.17, 15) is 29.3 Å². The summed E-state index contributed by atoms with van der Waals surface area (Å²) in [5.41, 5.74) is 0.940. The van der Waals surface area contributed by atoms with Crippen molar-refractivity contribution >= 4 is 35.1 Å². The van der Waals surface area contributed by atoms with Crippen molar-refractivity contribution in [3.8, 4) is 5.75 Å². The number of carbonyl (C=O) groups excluding carboxylic acids is 2. The van der Waals surface area contributed by atoms with Gasteiger partial charge < -0.3 is 25.6 Å². The van der Waals surface area contributed by atoms with Crippen LogP contribution in [0.4, 0.5) is 11.4 Å². The van der Waals surface area contributed by atoms with Gasteiger partial charge in [-0.05, 0) is 18.4 Å². The number of carboxylic acids is 2. The van der Waals surface area contributed by atoms with Crippen LogP contribution >= 0.6 is 0 Å². The van der Waals surface area contributed by atoms with Crippen LogP contribution in [0.15, 0.2) is 54.6 Å². The molecule has 39 heavy (non-hydrogen) atoms.